The van der Waals surface area contributed by atoms with Gasteiger partial charge in [-0.05, 0) is 54.5 Å². The zero-order valence-electron chi connectivity index (χ0n) is 17.0. The predicted octanol–water partition coefficient (Wildman–Crippen LogP) is 5.16. The Bertz CT molecular complexity index is 1050. The van der Waals surface area contributed by atoms with Crippen LogP contribution in [0.5, 0.6) is 0 Å². The standard InChI is InChI=1S/C22H21Cl2NO5S/c1-12-3-6-14-17(9-12)31-21(20(14)22(28)29-2)25-18(26)11-30-19(27)8-5-13-4-7-15(23)16(24)10-13/h4-5,7-8,10,12H,3,6,9,11H2,1-2H3,(H,25,26)/b8-5+. The average Bonchev–Trinajstić information content (AvgIpc) is 3.09. The molecule has 0 radical (unpaired) electrons. The minimum atomic E-state index is -0.686. The highest BCUT2D eigenvalue weighted by Gasteiger charge is 2.28. The van der Waals surface area contributed by atoms with Crippen LogP contribution in [0.1, 0.15) is 39.7 Å². The second kappa shape index (κ2) is 10.3. The second-order valence-electron chi connectivity index (χ2n) is 7.21. The molecule has 0 aliphatic heterocycles. The van der Waals surface area contributed by atoms with E-state index >= 15 is 0 Å². The molecule has 3 rings (SSSR count). The van der Waals surface area contributed by atoms with Gasteiger partial charge in [0.1, 0.15) is 5.00 Å². The number of hydrogen-bond acceptors (Lipinski definition) is 6. The molecule has 1 N–H and O–H groups in total. The van der Waals surface area contributed by atoms with Crippen LogP contribution in [0.3, 0.4) is 0 Å². The lowest BCUT2D eigenvalue weighted by Gasteiger charge is -2.18. The zero-order valence-corrected chi connectivity index (χ0v) is 19.3. The monoisotopic (exact) mass is 481 g/mol. The van der Waals surface area contributed by atoms with E-state index in [4.69, 9.17) is 32.7 Å². The SMILES string of the molecule is COC(=O)c1c(NC(=O)COC(=O)/C=C/c2ccc(Cl)c(Cl)c2)sc2c1CCC(C)C2. The summed E-state index contributed by atoms with van der Waals surface area (Å²) in [6.45, 7) is 1.67. The third kappa shape index (κ3) is 5.87. The number of benzene rings is 1. The van der Waals surface area contributed by atoms with Crippen molar-refractivity contribution >= 4 is 63.5 Å². The summed E-state index contributed by atoms with van der Waals surface area (Å²) in [6.07, 6.45) is 5.30. The van der Waals surface area contributed by atoms with Crippen molar-refractivity contribution in [3.05, 3.63) is 55.9 Å². The van der Waals surface area contributed by atoms with Gasteiger partial charge >= 0.3 is 11.9 Å². The molecule has 1 atom stereocenters. The van der Waals surface area contributed by atoms with E-state index in [0.29, 0.717) is 32.1 Å². The van der Waals surface area contributed by atoms with Gasteiger partial charge in [-0.3, -0.25) is 4.79 Å². The quantitative estimate of drug-likeness (QED) is 0.454. The lowest BCUT2D eigenvalue weighted by molar-refractivity contribution is -0.142. The number of nitrogens with one attached hydrogen (secondary N) is 1. The van der Waals surface area contributed by atoms with E-state index in [-0.39, 0.29) is 0 Å². The summed E-state index contributed by atoms with van der Waals surface area (Å²) in [7, 11) is 1.31. The Morgan fingerprint density at radius 3 is 2.74 bits per heavy atom. The van der Waals surface area contributed by atoms with Gasteiger partial charge in [0.2, 0.25) is 0 Å². The zero-order chi connectivity index (χ0) is 22.5. The molecule has 164 valence electrons. The van der Waals surface area contributed by atoms with Crippen LogP contribution < -0.4 is 5.32 Å². The van der Waals surface area contributed by atoms with Gasteiger partial charge in [-0.1, -0.05) is 36.2 Å². The molecule has 1 aromatic carbocycles. The summed E-state index contributed by atoms with van der Waals surface area (Å²) in [5, 5.41) is 3.89. The topological polar surface area (TPSA) is 81.7 Å². The van der Waals surface area contributed by atoms with Crippen molar-refractivity contribution in [3.8, 4) is 0 Å². The molecule has 1 aliphatic carbocycles. The van der Waals surface area contributed by atoms with Gasteiger partial charge in [-0.25, -0.2) is 9.59 Å². The molecule has 6 nitrogen and oxygen atoms in total. The molecule has 0 saturated carbocycles. The minimum absolute atomic E-state index is 0.367. The second-order valence-corrected chi connectivity index (χ2v) is 9.13. The van der Waals surface area contributed by atoms with Gasteiger partial charge < -0.3 is 14.8 Å². The first-order valence-corrected chi connectivity index (χ1v) is 11.2. The van der Waals surface area contributed by atoms with E-state index in [9.17, 15) is 14.4 Å². The third-order valence-electron chi connectivity index (χ3n) is 4.86. The number of esters is 2. The predicted molar refractivity (Wildman–Crippen MR) is 122 cm³/mol. The fourth-order valence-corrected chi connectivity index (χ4v) is 5.01. The number of rotatable bonds is 6. The number of fused-ring (bicyclic) bond motifs is 1. The first-order valence-electron chi connectivity index (χ1n) is 9.61. The molecule has 1 heterocycles. The molecule has 1 amide bonds. The van der Waals surface area contributed by atoms with Gasteiger partial charge in [0.25, 0.3) is 5.91 Å². The van der Waals surface area contributed by atoms with Crippen molar-refractivity contribution in [1.29, 1.82) is 0 Å². The third-order valence-corrected chi connectivity index (χ3v) is 6.76. The summed E-state index contributed by atoms with van der Waals surface area (Å²) in [4.78, 5) is 37.6. The van der Waals surface area contributed by atoms with Gasteiger partial charge in [-0.15, -0.1) is 11.3 Å². The smallest absolute Gasteiger partial charge is 0.341 e. The van der Waals surface area contributed by atoms with Crippen LogP contribution in [0.2, 0.25) is 10.0 Å². The summed E-state index contributed by atoms with van der Waals surface area (Å²) < 4.78 is 9.89. The molecule has 31 heavy (non-hydrogen) atoms. The highest BCUT2D eigenvalue weighted by Crippen LogP contribution is 2.40. The lowest BCUT2D eigenvalue weighted by Crippen LogP contribution is -2.21. The highest BCUT2D eigenvalue weighted by atomic mass is 35.5. The van der Waals surface area contributed by atoms with Crippen LogP contribution in [-0.4, -0.2) is 31.6 Å². The Morgan fingerprint density at radius 1 is 1.26 bits per heavy atom. The average molecular weight is 482 g/mol. The fourth-order valence-electron chi connectivity index (χ4n) is 3.28. The maximum absolute atomic E-state index is 12.3. The molecule has 9 heteroatoms. The number of halogens is 2. The summed E-state index contributed by atoms with van der Waals surface area (Å²) in [6, 6.07) is 4.91. The van der Waals surface area contributed by atoms with E-state index in [1.165, 1.54) is 30.6 Å². The van der Waals surface area contributed by atoms with Crippen LogP contribution in [-0.2, 0) is 31.9 Å². The van der Waals surface area contributed by atoms with Crippen LogP contribution in [0.15, 0.2) is 24.3 Å². The lowest BCUT2D eigenvalue weighted by atomic mass is 9.88. The van der Waals surface area contributed by atoms with Gasteiger partial charge in [-0.2, -0.15) is 0 Å². The van der Waals surface area contributed by atoms with E-state index in [2.05, 4.69) is 12.2 Å². The normalized spacial score (nSPS) is 15.4. The van der Waals surface area contributed by atoms with Crippen LogP contribution in [0.4, 0.5) is 5.00 Å². The number of methoxy groups -OCH3 is 1. The van der Waals surface area contributed by atoms with Gasteiger partial charge in [0, 0.05) is 11.0 Å². The molecule has 1 unspecified atom stereocenters. The van der Waals surface area contributed by atoms with Crippen molar-refractivity contribution < 1.29 is 23.9 Å². The number of thiophene rings is 1. The Kier molecular flexibility index (Phi) is 7.75. The molecule has 0 spiro atoms. The number of anilines is 1. The number of carbonyl (C=O) groups is 3. The van der Waals surface area contributed by atoms with E-state index < -0.39 is 24.5 Å². The van der Waals surface area contributed by atoms with Crippen molar-refractivity contribution in [3.63, 3.8) is 0 Å². The molecule has 1 aromatic heterocycles. The maximum Gasteiger partial charge on any atom is 0.341 e. The van der Waals surface area contributed by atoms with Crippen molar-refractivity contribution in [2.45, 2.75) is 26.2 Å². The number of amides is 1. The Morgan fingerprint density at radius 2 is 2.03 bits per heavy atom. The van der Waals surface area contributed by atoms with Crippen LogP contribution >= 0.6 is 34.5 Å². The molecule has 2 aromatic rings. The van der Waals surface area contributed by atoms with E-state index in [0.717, 1.165) is 29.7 Å². The summed E-state index contributed by atoms with van der Waals surface area (Å²) >= 11 is 13.2. The largest absolute Gasteiger partial charge is 0.465 e. The molecule has 1 aliphatic rings. The van der Waals surface area contributed by atoms with E-state index in [1.54, 1.807) is 18.2 Å². The van der Waals surface area contributed by atoms with Crippen molar-refractivity contribution in [2.75, 3.05) is 19.0 Å². The number of carbonyl (C=O) groups excluding carboxylic acids is 3. The minimum Gasteiger partial charge on any atom is -0.465 e. The Hall–Kier alpha value is -2.35. The molecule has 0 bridgehead atoms. The Balaban J connectivity index is 1.61. The molecular formula is C22H21Cl2NO5S. The summed E-state index contributed by atoms with van der Waals surface area (Å²) in [5.41, 5.74) is 2.00. The van der Waals surface area contributed by atoms with Gasteiger partial charge in [0.15, 0.2) is 6.61 Å². The van der Waals surface area contributed by atoms with Crippen molar-refractivity contribution in [1.82, 2.24) is 0 Å². The molecule has 0 fully saturated rings. The molecule has 0 saturated heterocycles. The van der Waals surface area contributed by atoms with E-state index in [1.807, 2.05) is 0 Å². The maximum atomic E-state index is 12.3. The van der Waals surface area contributed by atoms with Crippen LogP contribution in [0, 0.1) is 5.92 Å². The highest BCUT2D eigenvalue weighted by molar-refractivity contribution is 7.17. The first-order chi connectivity index (χ1) is 14.8. The van der Waals surface area contributed by atoms with Gasteiger partial charge in [0.05, 0.1) is 22.7 Å². The Labute approximate surface area is 194 Å². The fraction of sp³-hybridized carbons (Fsp3) is 0.318. The number of ether oxygens (including phenoxy) is 2. The summed E-state index contributed by atoms with van der Waals surface area (Å²) in [5.74, 6) is -1.19. The first kappa shape index (κ1) is 23.3. The number of hydrogen-bond donors (Lipinski definition) is 1. The van der Waals surface area contributed by atoms with Crippen LogP contribution in [0.25, 0.3) is 6.08 Å². The molecular weight excluding hydrogens is 461 g/mol. The van der Waals surface area contributed by atoms with Crippen molar-refractivity contribution in [2.24, 2.45) is 5.92 Å².